The molecule has 0 spiro atoms. The van der Waals surface area contributed by atoms with Gasteiger partial charge >= 0.3 is 6.09 Å². The molecule has 3 aromatic rings. The molecule has 0 aliphatic carbocycles. The molecule has 0 aromatic carbocycles. The molecule has 4 rings (SSSR count). The van der Waals surface area contributed by atoms with Crippen molar-refractivity contribution < 1.29 is 9.53 Å². The van der Waals surface area contributed by atoms with Crippen LogP contribution >= 0.6 is 22.9 Å². The van der Waals surface area contributed by atoms with Gasteiger partial charge in [0.05, 0.1) is 18.5 Å². The summed E-state index contributed by atoms with van der Waals surface area (Å²) >= 11 is 8.03. The molecule has 0 unspecified atom stereocenters. The molecule has 1 aliphatic rings. The van der Waals surface area contributed by atoms with Crippen molar-refractivity contribution in [2.45, 2.75) is 19.9 Å². The Bertz CT molecular complexity index is 945. The zero-order chi connectivity index (χ0) is 17.4. The van der Waals surface area contributed by atoms with E-state index < -0.39 is 0 Å². The Morgan fingerprint density at radius 3 is 3.08 bits per heavy atom. The van der Waals surface area contributed by atoms with E-state index in [4.69, 9.17) is 16.3 Å². The van der Waals surface area contributed by atoms with Gasteiger partial charge in [-0.1, -0.05) is 11.6 Å². The molecule has 8 heteroatoms. The molecule has 128 valence electrons. The Labute approximate surface area is 153 Å². The summed E-state index contributed by atoms with van der Waals surface area (Å²) in [6, 6.07) is 3.74. The van der Waals surface area contributed by atoms with E-state index in [0.29, 0.717) is 30.7 Å². The van der Waals surface area contributed by atoms with Crippen LogP contribution in [0.15, 0.2) is 24.5 Å². The summed E-state index contributed by atoms with van der Waals surface area (Å²) in [5, 5.41) is 1.35. The van der Waals surface area contributed by atoms with Crippen LogP contribution in [0.1, 0.15) is 17.4 Å². The fourth-order valence-corrected chi connectivity index (χ4v) is 4.52. The number of rotatable bonds is 2. The fraction of sp³-hybridized carbons (Fsp3) is 0.294. The molecule has 1 aliphatic heterocycles. The normalized spacial score (nSPS) is 13.8. The van der Waals surface area contributed by atoms with Crippen molar-refractivity contribution in [2.75, 3.05) is 13.2 Å². The molecule has 0 bridgehead atoms. The number of pyridine rings is 1. The van der Waals surface area contributed by atoms with Gasteiger partial charge in [-0.15, -0.1) is 11.3 Å². The third kappa shape index (κ3) is 2.94. The van der Waals surface area contributed by atoms with E-state index in [9.17, 15) is 4.79 Å². The second-order valence-corrected chi connectivity index (χ2v) is 7.08. The molecule has 0 saturated heterocycles. The van der Waals surface area contributed by atoms with Crippen LogP contribution in [0, 0.1) is 0 Å². The quantitative estimate of drug-likeness (QED) is 0.636. The minimum atomic E-state index is -0.279. The molecule has 0 saturated carbocycles. The lowest BCUT2D eigenvalue weighted by Crippen LogP contribution is -2.35. The minimum Gasteiger partial charge on any atom is -0.450 e. The summed E-state index contributed by atoms with van der Waals surface area (Å²) < 4.78 is 5.10. The van der Waals surface area contributed by atoms with Gasteiger partial charge in [0.25, 0.3) is 0 Å². The third-order valence-corrected chi connectivity index (χ3v) is 5.49. The van der Waals surface area contributed by atoms with Crippen molar-refractivity contribution in [3.05, 3.63) is 40.1 Å². The predicted octanol–water partition coefficient (Wildman–Crippen LogP) is 3.92. The number of fused-ring (bicyclic) bond motifs is 3. The Morgan fingerprint density at radius 1 is 1.44 bits per heavy atom. The first-order chi connectivity index (χ1) is 12.2. The monoisotopic (exact) mass is 374 g/mol. The number of hydrogen-bond donors (Lipinski definition) is 0. The van der Waals surface area contributed by atoms with Crippen LogP contribution in [-0.4, -0.2) is 39.1 Å². The number of nitrogens with zero attached hydrogens (tertiary/aromatic N) is 4. The smallest absolute Gasteiger partial charge is 0.410 e. The van der Waals surface area contributed by atoms with Gasteiger partial charge in [-0.2, -0.15) is 0 Å². The Balaban J connectivity index is 1.74. The van der Waals surface area contributed by atoms with Gasteiger partial charge < -0.3 is 9.64 Å². The minimum absolute atomic E-state index is 0.279. The van der Waals surface area contributed by atoms with E-state index in [1.54, 1.807) is 28.6 Å². The molecule has 0 N–H and O–H groups in total. The van der Waals surface area contributed by atoms with Gasteiger partial charge in [0, 0.05) is 29.4 Å². The molecular weight excluding hydrogens is 360 g/mol. The largest absolute Gasteiger partial charge is 0.450 e. The number of halogens is 1. The molecule has 4 heterocycles. The lowest BCUT2D eigenvalue weighted by Gasteiger charge is -2.26. The first-order valence-electron chi connectivity index (χ1n) is 7.97. The topological polar surface area (TPSA) is 68.2 Å². The molecular formula is C17H15ClN4O2S. The number of hydrogen-bond acceptors (Lipinski definition) is 6. The summed E-state index contributed by atoms with van der Waals surface area (Å²) in [7, 11) is 0. The second kappa shape index (κ2) is 6.57. The van der Waals surface area contributed by atoms with Gasteiger partial charge in [-0.3, -0.25) is 4.98 Å². The maximum absolute atomic E-state index is 12.0. The number of ether oxygens (including phenoxy) is 1. The van der Waals surface area contributed by atoms with Gasteiger partial charge in [0.2, 0.25) is 0 Å². The Kier molecular flexibility index (Phi) is 4.27. The van der Waals surface area contributed by atoms with Crippen molar-refractivity contribution in [1.82, 2.24) is 19.9 Å². The van der Waals surface area contributed by atoms with Gasteiger partial charge in [-0.05, 0) is 31.0 Å². The molecule has 0 radical (unpaired) electrons. The Morgan fingerprint density at radius 2 is 2.32 bits per heavy atom. The van der Waals surface area contributed by atoms with Crippen LogP contribution in [0.4, 0.5) is 4.79 Å². The summed E-state index contributed by atoms with van der Waals surface area (Å²) in [5.74, 6) is 0.562. The molecule has 3 aromatic heterocycles. The highest BCUT2D eigenvalue weighted by Gasteiger charge is 2.27. The van der Waals surface area contributed by atoms with Gasteiger partial charge in [0.15, 0.2) is 5.82 Å². The van der Waals surface area contributed by atoms with Gasteiger partial charge in [0.1, 0.15) is 9.98 Å². The average molecular weight is 375 g/mol. The molecule has 25 heavy (non-hydrogen) atoms. The SMILES string of the molecule is CCOC(=O)N1CCc2c(sc3nc(-c4cccnc4)nc(Cl)c23)C1. The summed E-state index contributed by atoms with van der Waals surface area (Å²) in [6.45, 7) is 3.31. The van der Waals surface area contributed by atoms with Crippen molar-refractivity contribution in [3.63, 3.8) is 0 Å². The molecule has 6 nitrogen and oxygen atoms in total. The zero-order valence-corrected chi connectivity index (χ0v) is 15.1. The predicted molar refractivity (Wildman–Crippen MR) is 96.8 cm³/mol. The van der Waals surface area contributed by atoms with Crippen molar-refractivity contribution in [3.8, 4) is 11.4 Å². The molecule has 1 amide bonds. The highest BCUT2D eigenvalue weighted by Crippen LogP contribution is 2.38. The van der Waals surface area contributed by atoms with E-state index in [0.717, 1.165) is 32.6 Å². The summed E-state index contributed by atoms with van der Waals surface area (Å²) in [5.41, 5.74) is 1.97. The highest BCUT2D eigenvalue weighted by atomic mass is 35.5. The average Bonchev–Trinajstić information content (AvgIpc) is 3.00. The lowest BCUT2D eigenvalue weighted by atomic mass is 10.1. The first kappa shape index (κ1) is 16.2. The van der Waals surface area contributed by atoms with Crippen LogP contribution < -0.4 is 0 Å². The van der Waals surface area contributed by atoms with E-state index >= 15 is 0 Å². The van der Waals surface area contributed by atoms with Crippen LogP contribution in [0.3, 0.4) is 0 Å². The van der Waals surface area contributed by atoms with Crippen molar-refractivity contribution >= 4 is 39.2 Å². The third-order valence-electron chi connectivity index (χ3n) is 4.10. The van der Waals surface area contributed by atoms with Crippen LogP contribution in [0.5, 0.6) is 0 Å². The maximum Gasteiger partial charge on any atom is 0.410 e. The fourth-order valence-electron chi connectivity index (χ4n) is 2.95. The van der Waals surface area contributed by atoms with E-state index in [1.807, 2.05) is 19.1 Å². The van der Waals surface area contributed by atoms with Crippen molar-refractivity contribution in [1.29, 1.82) is 0 Å². The van der Waals surface area contributed by atoms with Crippen LogP contribution in [0.2, 0.25) is 5.15 Å². The van der Waals surface area contributed by atoms with Crippen LogP contribution in [0.25, 0.3) is 21.6 Å². The molecule has 0 fully saturated rings. The zero-order valence-electron chi connectivity index (χ0n) is 13.5. The highest BCUT2D eigenvalue weighted by molar-refractivity contribution is 7.19. The van der Waals surface area contributed by atoms with Crippen molar-refractivity contribution in [2.24, 2.45) is 0 Å². The summed E-state index contributed by atoms with van der Waals surface area (Å²) in [6.07, 6.45) is 3.87. The number of carbonyl (C=O) groups is 1. The lowest BCUT2D eigenvalue weighted by molar-refractivity contribution is 0.103. The Hall–Kier alpha value is -2.25. The maximum atomic E-state index is 12.0. The number of thiophene rings is 1. The molecule has 0 atom stereocenters. The van der Waals surface area contributed by atoms with Crippen LogP contribution in [-0.2, 0) is 17.7 Å². The number of carbonyl (C=O) groups excluding carboxylic acids is 1. The van der Waals surface area contributed by atoms with E-state index in [1.165, 1.54) is 0 Å². The van der Waals surface area contributed by atoms with E-state index in [-0.39, 0.29) is 6.09 Å². The number of aromatic nitrogens is 3. The number of amides is 1. The van der Waals surface area contributed by atoms with Gasteiger partial charge in [-0.25, -0.2) is 14.8 Å². The summed E-state index contributed by atoms with van der Waals surface area (Å²) in [4.78, 5) is 28.8. The second-order valence-electron chi connectivity index (χ2n) is 5.63. The van der Waals surface area contributed by atoms with E-state index in [2.05, 4.69) is 15.0 Å². The first-order valence-corrected chi connectivity index (χ1v) is 9.16. The standard InChI is InChI=1S/C17H15ClN4O2S/c1-2-24-17(23)22-7-5-11-12(9-22)25-16-13(11)14(18)20-15(21-16)10-4-3-6-19-8-10/h3-4,6,8H,2,5,7,9H2,1H3.